The van der Waals surface area contributed by atoms with E-state index in [1.807, 2.05) is 6.33 Å². The molecule has 0 bridgehead atoms. The van der Waals surface area contributed by atoms with Crippen molar-refractivity contribution in [3.63, 3.8) is 0 Å². The minimum absolute atomic E-state index is 0.0510. The van der Waals surface area contributed by atoms with E-state index < -0.39 is 0 Å². The van der Waals surface area contributed by atoms with Gasteiger partial charge in [0, 0.05) is 41.8 Å². The third kappa shape index (κ3) is 3.83. The highest BCUT2D eigenvalue weighted by Crippen LogP contribution is 2.32. The smallest absolute Gasteiger partial charge is 0.140 e. The number of nitrogens with zero attached hydrogens (tertiary/aromatic N) is 4. The van der Waals surface area contributed by atoms with E-state index >= 15 is 0 Å². The van der Waals surface area contributed by atoms with Gasteiger partial charge in [-0.1, -0.05) is 40.7 Å². The summed E-state index contributed by atoms with van der Waals surface area (Å²) in [6.45, 7) is 14.4. The van der Waals surface area contributed by atoms with Gasteiger partial charge in [-0.05, 0) is 60.7 Å². The Morgan fingerprint density at radius 1 is 1.06 bits per heavy atom. The molecule has 1 aliphatic heterocycles. The topological polar surface area (TPSA) is 47.7 Å². The predicted molar refractivity (Wildman–Crippen MR) is 132 cm³/mol. The lowest BCUT2D eigenvalue weighted by Crippen LogP contribution is -2.20. The van der Waals surface area contributed by atoms with Crippen LogP contribution in [0.4, 0.5) is 0 Å². The summed E-state index contributed by atoms with van der Waals surface area (Å²) in [7, 11) is 0. The van der Waals surface area contributed by atoms with Crippen molar-refractivity contribution in [2.45, 2.75) is 70.9 Å². The Morgan fingerprint density at radius 3 is 2.66 bits per heavy atom. The maximum absolute atomic E-state index is 5.01. The van der Waals surface area contributed by atoms with Crippen molar-refractivity contribution >= 4 is 22.1 Å². The highest BCUT2D eigenvalue weighted by molar-refractivity contribution is 5.77. The van der Waals surface area contributed by atoms with Crippen LogP contribution in [0, 0.1) is 0 Å². The number of hydrogen-bond acceptors (Lipinski definition) is 3. The monoisotopic (exact) mass is 429 g/mol. The van der Waals surface area contributed by atoms with Gasteiger partial charge < -0.3 is 14.5 Å². The molecule has 0 spiro atoms. The molecule has 168 valence electrons. The van der Waals surface area contributed by atoms with Crippen molar-refractivity contribution in [1.29, 1.82) is 0 Å². The SMILES string of the molecule is CC(C)(C)c1ccc2ccn(CCC(C)(C)c3ccc4ncn(C5CCNC5)c4c3)c2n1. The van der Waals surface area contributed by atoms with E-state index in [9.17, 15) is 0 Å². The van der Waals surface area contributed by atoms with Crippen molar-refractivity contribution in [2.24, 2.45) is 0 Å². The molecule has 1 atom stereocenters. The fourth-order valence-electron chi connectivity index (χ4n) is 4.82. The third-order valence-corrected chi connectivity index (χ3v) is 7.14. The first kappa shape index (κ1) is 21.2. The second-order valence-electron chi connectivity index (χ2n) is 11.0. The second kappa shape index (κ2) is 7.73. The zero-order valence-electron chi connectivity index (χ0n) is 20.0. The zero-order valence-corrected chi connectivity index (χ0v) is 20.0. The summed E-state index contributed by atoms with van der Waals surface area (Å²) in [5.41, 5.74) is 6.06. The summed E-state index contributed by atoms with van der Waals surface area (Å²) in [6.07, 6.45) is 6.42. The van der Waals surface area contributed by atoms with Crippen LogP contribution in [0.15, 0.2) is 48.9 Å². The minimum Gasteiger partial charge on any atom is -0.332 e. The van der Waals surface area contributed by atoms with Crippen molar-refractivity contribution in [1.82, 2.24) is 24.4 Å². The molecule has 3 aromatic heterocycles. The molecule has 0 radical (unpaired) electrons. The molecular formula is C27H35N5. The van der Waals surface area contributed by atoms with Gasteiger partial charge in [-0.3, -0.25) is 0 Å². The maximum atomic E-state index is 5.01. The number of aryl methyl sites for hydroxylation is 1. The molecule has 0 aliphatic carbocycles. The molecule has 4 aromatic rings. The van der Waals surface area contributed by atoms with Crippen LogP contribution in [0.3, 0.4) is 0 Å². The van der Waals surface area contributed by atoms with Crippen LogP contribution in [-0.4, -0.2) is 32.2 Å². The molecule has 1 aliphatic rings. The van der Waals surface area contributed by atoms with Crippen molar-refractivity contribution in [2.75, 3.05) is 13.1 Å². The lowest BCUT2D eigenvalue weighted by atomic mass is 9.81. The second-order valence-corrected chi connectivity index (χ2v) is 11.0. The molecule has 0 amide bonds. The number of nitrogens with one attached hydrogen (secondary N) is 1. The van der Waals surface area contributed by atoms with Crippen molar-refractivity contribution in [3.8, 4) is 0 Å². The van der Waals surface area contributed by atoms with Crippen LogP contribution < -0.4 is 5.32 Å². The Kier molecular flexibility index (Phi) is 5.12. The average Bonchev–Trinajstić information content (AvgIpc) is 3.49. The van der Waals surface area contributed by atoms with Gasteiger partial charge in [0.25, 0.3) is 0 Å². The lowest BCUT2D eigenvalue weighted by molar-refractivity contribution is 0.441. The number of rotatable bonds is 5. The minimum atomic E-state index is 0.0510. The Labute approximate surface area is 190 Å². The quantitative estimate of drug-likeness (QED) is 0.450. The number of pyridine rings is 1. The van der Waals surface area contributed by atoms with E-state index in [4.69, 9.17) is 4.98 Å². The molecule has 1 saturated heterocycles. The summed E-state index contributed by atoms with van der Waals surface area (Å²) in [4.78, 5) is 9.67. The summed E-state index contributed by atoms with van der Waals surface area (Å²) < 4.78 is 4.69. The van der Waals surface area contributed by atoms with Crippen LogP contribution in [-0.2, 0) is 17.4 Å². The molecule has 5 nitrogen and oxygen atoms in total. The molecule has 0 saturated carbocycles. The van der Waals surface area contributed by atoms with Gasteiger partial charge in [0.05, 0.1) is 17.4 Å². The standard InChI is InChI=1S/C27H35N5/c1-26(2,3)24-9-6-19-11-14-31(25(19)30-24)15-12-27(4,5)20-7-8-22-23(16-20)32(18-29-22)21-10-13-28-17-21/h6-9,11,14,16,18,21,28H,10,12-13,15,17H2,1-5H3. The Morgan fingerprint density at radius 2 is 1.91 bits per heavy atom. The molecule has 1 aromatic carbocycles. The lowest BCUT2D eigenvalue weighted by Gasteiger charge is -2.26. The Bertz CT molecular complexity index is 1250. The molecule has 5 rings (SSSR count). The Hall–Kier alpha value is -2.66. The highest BCUT2D eigenvalue weighted by atomic mass is 15.1. The first-order chi connectivity index (χ1) is 15.2. The van der Waals surface area contributed by atoms with E-state index in [1.165, 1.54) is 22.9 Å². The molecule has 1 N–H and O–H groups in total. The number of imidazole rings is 1. The van der Waals surface area contributed by atoms with Gasteiger partial charge in [-0.15, -0.1) is 0 Å². The van der Waals surface area contributed by atoms with Crippen molar-refractivity contribution in [3.05, 3.63) is 60.2 Å². The highest BCUT2D eigenvalue weighted by Gasteiger charge is 2.24. The number of benzene rings is 1. The van der Waals surface area contributed by atoms with Crippen LogP contribution in [0.25, 0.3) is 22.1 Å². The summed E-state index contributed by atoms with van der Waals surface area (Å²) in [6, 6.07) is 13.9. The van der Waals surface area contributed by atoms with E-state index in [1.54, 1.807) is 0 Å². The fourth-order valence-corrected chi connectivity index (χ4v) is 4.82. The third-order valence-electron chi connectivity index (χ3n) is 7.14. The van der Waals surface area contributed by atoms with Gasteiger partial charge in [0.1, 0.15) is 5.65 Å². The van der Waals surface area contributed by atoms with Gasteiger partial charge in [0.15, 0.2) is 0 Å². The Balaban J connectivity index is 1.41. The van der Waals surface area contributed by atoms with Crippen LogP contribution in [0.2, 0.25) is 0 Å². The predicted octanol–water partition coefficient (Wildman–Crippen LogP) is 5.59. The molecule has 1 fully saturated rings. The number of aromatic nitrogens is 4. The maximum Gasteiger partial charge on any atom is 0.140 e. The first-order valence-corrected chi connectivity index (χ1v) is 11.9. The average molecular weight is 430 g/mol. The van der Waals surface area contributed by atoms with E-state index in [0.29, 0.717) is 6.04 Å². The van der Waals surface area contributed by atoms with Gasteiger partial charge in [0.2, 0.25) is 0 Å². The molecule has 1 unspecified atom stereocenters. The fraction of sp³-hybridized carbons (Fsp3) is 0.481. The van der Waals surface area contributed by atoms with E-state index in [0.717, 1.165) is 42.9 Å². The van der Waals surface area contributed by atoms with Gasteiger partial charge in [-0.2, -0.15) is 0 Å². The largest absolute Gasteiger partial charge is 0.332 e. The number of fused-ring (bicyclic) bond motifs is 2. The summed E-state index contributed by atoms with van der Waals surface area (Å²) in [5.74, 6) is 0. The van der Waals surface area contributed by atoms with Gasteiger partial charge >= 0.3 is 0 Å². The summed E-state index contributed by atoms with van der Waals surface area (Å²) >= 11 is 0. The van der Waals surface area contributed by atoms with Crippen LogP contribution >= 0.6 is 0 Å². The molecule has 4 heterocycles. The van der Waals surface area contributed by atoms with Crippen LogP contribution in [0.5, 0.6) is 0 Å². The number of hydrogen-bond donors (Lipinski definition) is 1. The van der Waals surface area contributed by atoms with E-state index in [-0.39, 0.29) is 10.8 Å². The first-order valence-electron chi connectivity index (χ1n) is 11.9. The summed E-state index contributed by atoms with van der Waals surface area (Å²) in [5, 5.41) is 4.69. The normalized spacial score (nSPS) is 17.6. The molecule has 32 heavy (non-hydrogen) atoms. The van der Waals surface area contributed by atoms with E-state index in [2.05, 4.69) is 96.6 Å². The molecular weight excluding hydrogens is 394 g/mol. The van der Waals surface area contributed by atoms with Crippen molar-refractivity contribution < 1.29 is 0 Å². The zero-order chi connectivity index (χ0) is 22.5. The van der Waals surface area contributed by atoms with Crippen LogP contribution in [0.1, 0.15) is 64.8 Å². The molecule has 5 heteroatoms. The van der Waals surface area contributed by atoms with Gasteiger partial charge in [-0.25, -0.2) is 9.97 Å².